The van der Waals surface area contributed by atoms with Crippen molar-refractivity contribution < 1.29 is 9.47 Å². The number of hydrazine groups is 1. The van der Waals surface area contributed by atoms with Crippen LogP contribution in [0.1, 0.15) is 18.7 Å². The van der Waals surface area contributed by atoms with Gasteiger partial charge in [-0.05, 0) is 25.1 Å². The van der Waals surface area contributed by atoms with Gasteiger partial charge in [-0.25, -0.2) is 10.4 Å². The van der Waals surface area contributed by atoms with Gasteiger partial charge in [0.1, 0.15) is 23.6 Å². The fourth-order valence-electron chi connectivity index (χ4n) is 1.97. The van der Waals surface area contributed by atoms with Crippen molar-refractivity contribution >= 4 is 11.6 Å². The van der Waals surface area contributed by atoms with Crippen LogP contribution in [-0.2, 0) is 0 Å². The highest BCUT2D eigenvalue weighted by Crippen LogP contribution is 2.26. The summed E-state index contributed by atoms with van der Waals surface area (Å²) < 4.78 is 11.1. The number of halogens is 1. The van der Waals surface area contributed by atoms with Crippen molar-refractivity contribution in [3.63, 3.8) is 0 Å². The third-order valence-electron chi connectivity index (χ3n) is 2.95. The molecular weight excluding hydrogens is 292 g/mol. The minimum atomic E-state index is -0.382. The predicted octanol–water partition coefficient (Wildman–Crippen LogP) is 2.11. The Morgan fingerprint density at radius 1 is 1.29 bits per heavy atom. The van der Waals surface area contributed by atoms with E-state index in [1.54, 1.807) is 24.5 Å². The molecule has 2 rings (SSSR count). The molecule has 0 spiro atoms. The van der Waals surface area contributed by atoms with Gasteiger partial charge in [0.15, 0.2) is 0 Å². The molecule has 2 aromatic rings. The summed E-state index contributed by atoms with van der Waals surface area (Å²) in [4.78, 5) is 8.38. The van der Waals surface area contributed by atoms with Crippen molar-refractivity contribution in [3.05, 3.63) is 47.4 Å². The molecule has 7 heteroatoms. The summed E-state index contributed by atoms with van der Waals surface area (Å²) in [6, 6.07) is 6.78. The van der Waals surface area contributed by atoms with E-state index >= 15 is 0 Å². The van der Waals surface area contributed by atoms with Crippen LogP contribution in [0.3, 0.4) is 0 Å². The quantitative estimate of drug-likeness (QED) is 0.628. The van der Waals surface area contributed by atoms with Crippen LogP contribution in [0.2, 0.25) is 5.02 Å². The molecular formula is C14H17ClN4O2. The normalized spacial score (nSPS) is 13.5. The second-order valence-corrected chi connectivity index (χ2v) is 4.81. The zero-order chi connectivity index (χ0) is 15.2. The first-order chi connectivity index (χ1) is 10.2. The molecule has 0 saturated carbocycles. The van der Waals surface area contributed by atoms with E-state index < -0.39 is 0 Å². The molecule has 2 atom stereocenters. The lowest BCUT2D eigenvalue weighted by Crippen LogP contribution is -2.38. The van der Waals surface area contributed by atoms with Gasteiger partial charge in [0.25, 0.3) is 0 Å². The number of hydrogen-bond acceptors (Lipinski definition) is 6. The lowest BCUT2D eigenvalue weighted by molar-refractivity contribution is 0.166. The molecule has 0 aliphatic carbocycles. The third-order valence-corrected chi connectivity index (χ3v) is 3.18. The molecule has 1 aromatic heterocycles. The summed E-state index contributed by atoms with van der Waals surface area (Å²) in [5.41, 5.74) is 3.27. The van der Waals surface area contributed by atoms with Gasteiger partial charge in [-0.3, -0.25) is 10.8 Å². The maximum atomic E-state index is 5.94. The Labute approximate surface area is 128 Å². The molecule has 0 aliphatic heterocycles. The smallest absolute Gasteiger partial charge is 0.237 e. The van der Waals surface area contributed by atoms with Gasteiger partial charge in [-0.2, -0.15) is 0 Å². The standard InChI is InChI=1S/C14H17ClN4O2/c1-9(21-11-5-3-4-10(15)8-11)12(19-16)13-14(20-2)18-7-6-17-13/h3-9,12,19H,16H2,1-2H3. The number of nitrogens with zero attached hydrogens (tertiary/aromatic N) is 2. The zero-order valence-corrected chi connectivity index (χ0v) is 12.5. The highest BCUT2D eigenvalue weighted by Gasteiger charge is 2.25. The Balaban J connectivity index is 2.20. The van der Waals surface area contributed by atoms with Crippen molar-refractivity contribution in [1.29, 1.82) is 0 Å². The molecule has 1 aromatic carbocycles. The minimum absolute atomic E-state index is 0.306. The van der Waals surface area contributed by atoms with Crippen LogP contribution < -0.4 is 20.7 Å². The number of methoxy groups -OCH3 is 1. The Morgan fingerprint density at radius 3 is 2.71 bits per heavy atom. The van der Waals surface area contributed by atoms with Crippen LogP contribution in [-0.4, -0.2) is 23.2 Å². The molecule has 1 heterocycles. The first kappa shape index (κ1) is 15.5. The fourth-order valence-corrected chi connectivity index (χ4v) is 2.15. The topological polar surface area (TPSA) is 82.3 Å². The van der Waals surface area contributed by atoms with Crippen LogP contribution >= 0.6 is 11.6 Å². The molecule has 0 radical (unpaired) electrons. The molecule has 0 saturated heterocycles. The third kappa shape index (κ3) is 3.81. The predicted molar refractivity (Wildman–Crippen MR) is 80.2 cm³/mol. The molecule has 21 heavy (non-hydrogen) atoms. The molecule has 3 N–H and O–H groups in total. The number of aromatic nitrogens is 2. The summed E-state index contributed by atoms with van der Waals surface area (Å²) in [7, 11) is 1.53. The van der Waals surface area contributed by atoms with Gasteiger partial charge in [0.05, 0.1) is 7.11 Å². The number of ether oxygens (including phenoxy) is 2. The molecule has 0 amide bonds. The lowest BCUT2D eigenvalue weighted by Gasteiger charge is -2.24. The Kier molecular flexibility index (Phi) is 5.32. The lowest BCUT2D eigenvalue weighted by atomic mass is 10.1. The molecule has 0 fully saturated rings. The Morgan fingerprint density at radius 2 is 2.05 bits per heavy atom. The van der Waals surface area contributed by atoms with Crippen molar-refractivity contribution in [1.82, 2.24) is 15.4 Å². The van der Waals surface area contributed by atoms with Crippen molar-refractivity contribution in [2.75, 3.05) is 7.11 Å². The average Bonchev–Trinajstić information content (AvgIpc) is 2.48. The maximum Gasteiger partial charge on any atom is 0.237 e. The van der Waals surface area contributed by atoms with Crippen LogP contribution in [0.15, 0.2) is 36.7 Å². The van der Waals surface area contributed by atoms with Crippen molar-refractivity contribution in [2.45, 2.75) is 19.1 Å². The van der Waals surface area contributed by atoms with Gasteiger partial charge in [0.2, 0.25) is 5.88 Å². The van der Waals surface area contributed by atoms with Gasteiger partial charge in [-0.1, -0.05) is 17.7 Å². The molecule has 2 unspecified atom stereocenters. The summed E-state index contributed by atoms with van der Waals surface area (Å²) in [5.74, 6) is 6.69. The molecule has 6 nitrogen and oxygen atoms in total. The van der Waals surface area contributed by atoms with E-state index in [1.165, 1.54) is 7.11 Å². The van der Waals surface area contributed by atoms with E-state index in [9.17, 15) is 0 Å². The number of nitrogens with two attached hydrogens (primary N) is 1. The van der Waals surface area contributed by atoms with Crippen LogP contribution in [0.4, 0.5) is 0 Å². The van der Waals surface area contributed by atoms with Gasteiger partial charge in [0, 0.05) is 17.4 Å². The van der Waals surface area contributed by atoms with Crippen molar-refractivity contribution in [2.24, 2.45) is 5.84 Å². The zero-order valence-electron chi connectivity index (χ0n) is 11.8. The van der Waals surface area contributed by atoms with E-state index in [0.717, 1.165) is 0 Å². The highest BCUT2D eigenvalue weighted by atomic mass is 35.5. The second kappa shape index (κ2) is 7.21. The number of rotatable bonds is 6. The summed E-state index contributed by atoms with van der Waals surface area (Å²) in [6.07, 6.45) is 2.83. The van der Waals surface area contributed by atoms with Crippen LogP contribution in [0.5, 0.6) is 11.6 Å². The van der Waals surface area contributed by atoms with Gasteiger partial charge >= 0.3 is 0 Å². The number of hydrogen-bond donors (Lipinski definition) is 2. The van der Waals surface area contributed by atoms with Gasteiger partial charge < -0.3 is 9.47 Å². The maximum absolute atomic E-state index is 5.94. The Bertz CT molecular complexity index is 597. The summed E-state index contributed by atoms with van der Waals surface area (Å²) in [5, 5.41) is 0.606. The van der Waals surface area contributed by atoms with E-state index in [0.29, 0.717) is 22.3 Å². The number of nitrogens with one attached hydrogen (secondary N) is 1. The van der Waals surface area contributed by atoms with Crippen molar-refractivity contribution in [3.8, 4) is 11.6 Å². The fraction of sp³-hybridized carbons (Fsp3) is 0.286. The molecule has 0 bridgehead atoms. The number of benzene rings is 1. The first-order valence-electron chi connectivity index (χ1n) is 6.39. The Hall–Kier alpha value is -1.89. The summed E-state index contributed by atoms with van der Waals surface area (Å²) in [6.45, 7) is 1.87. The van der Waals surface area contributed by atoms with Crippen LogP contribution in [0, 0.1) is 0 Å². The largest absolute Gasteiger partial charge is 0.489 e. The average molecular weight is 309 g/mol. The second-order valence-electron chi connectivity index (χ2n) is 4.38. The van der Waals surface area contributed by atoms with E-state index in [4.69, 9.17) is 26.9 Å². The van der Waals surface area contributed by atoms with Crippen LogP contribution in [0.25, 0.3) is 0 Å². The summed E-state index contributed by atoms with van der Waals surface area (Å²) >= 11 is 5.94. The first-order valence-corrected chi connectivity index (χ1v) is 6.76. The van der Waals surface area contributed by atoms with Gasteiger partial charge in [-0.15, -0.1) is 0 Å². The van der Waals surface area contributed by atoms with E-state index in [-0.39, 0.29) is 12.1 Å². The molecule has 112 valence electrons. The van der Waals surface area contributed by atoms with E-state index in [2.05, 4.69) is 15.4 Å². The monoisotopic (exact) mass is 308 g/mol. The minimum Gasteiger partial charge on any atom is -0.489 e. The molecule has 0 aliphatic rings. The van der Waals surface area contributed by atoms with E-state index in [1.807, 2.05) is 19.1 Å². The highest BCUT2D eigenvalue weighted by molar-refractivity contribution is 6.30. The SMILES string of the molecule is COc1nccnc1C(NN)C(C)Oc1cccc(Cl)c1.